The monoisotopic (exact) mass is 259 g/mol. The van der Waals surface area contributed by atoms with Gasteiger partial charge in [0.15, 0.2) is 0 Å². The van der Waals surface area contributed by atoms with Crippen LogP contribution in [-0.4, -0.2) is 73.4 Å². The number of rotatable bonds is 4. The lowest BCUT2D eigenvalue weighted by atomic mass is 9.92. The first-order chi connectivity index (χ1) is 8.59. The van der Waals surface area contributed by atoms with Crippen LogP contribution in [0, 0.1) is 5.92 Å². The Hall–Kier alpha value is -0.200. The summed E-state index contributed by atoms with van der Waals surface area (Å²) >= 11 is 0. The van der Waals surface area contributed by atoms with Gasteiger partial charge in [0.1, 0.15) is 0 Å². The average molecular weight is 259 g/mol. The first kappa shape index (κ1) is 14.2. The molecule has 2 heterocycles. The van der Waals surface area contributed by atoms with E-state index >= 15 is 0 Å². The molecule has 2 atom stereocenters. The Morgan fingerprint density at radius 1 is 1.22 bits per heavy atom. The molecule has 0 aromatic carbocycles. The van der Waals surface area contributed by atoms with Crippen molar-refractivity contribution < 1.29 is 19.7 Å². The van der Waals surface area contributed by atoms with Crippen LogP contribution in [0.5, 0.6) is 0 Å². The van der Waals surface area contributed by atoms with Crippen molar-refractivity contribution in [3.05, 3.63) is 0 Å². The Kier molecular flexibility index (Phi) is 4.98. The molecule has 2 rings (SSSR count). The highest BCUT2D eigenvalue weighted by atomic mass is 16.5. The van der Waals surface area contributed by atoms with Crippen molar-refractivity contribution in [3.63, 3.8) is 0 Å². The molecule has 0 aromatic rings. The summed E-state index contributed by atoms with van der Waals surface area (Å²) in [6, 6.07) is 0. The van der Waals surface area contributed by atoms with Crippen LogP contribution in [-0.2, 0) is 9.47 Å². The minimum atomic E-state index is -0.631. The van der Waals surface area contributed by atoms with E-state index in [1.54, 1.807) is 0 Å². The number of hydrogen-bond acceptors (Lipinski definition) is 5. The number of ether oxygens (including phenoxy) is 2. The number of aliphatic hydroxyl groups excluding tert-OH is 1. The fourth-order valence-electron chi connectivity index (χ4n) is 2.84. The van der Waals surface area contributed by atoms with E-state index in [0.29, 0.717) is 45.8 Å². The molecule has 18 heavy (non-hydrogen) atoms. The second-order valence-corrected chi connectivity index (χ2v) is 5.72. The number of likely N-dealkylation sites (N-methyl/N-ethyl adjacent to an activating group) is 1. The minimum Gasteiger partial charge on any atom is -0.393 e. The smallest absolute Gasteiger partial charge is 0.0817 e. The summed E-state index contributed by atoms with van der Waals surface area (Å²) in [5.74, 6) is 0.159. The summed E-state index contributed by atoms with van der Waals surface area (Å²) < 4.78 is 10.7. The fraction of sp³-hybridized carbons (Fsp3) is 1.00. The van der Waals surface area contributed by atoms with Crippen LogP contribution < -0.4 is 0 Å². The summed E-state index contributed by atoms with van der Waals surface area (Å²) in [4.78, 5) is 2.11. The second-order valence-electron chi connectivity index (χ2n) is 5.72. The zero-order valence-corrected chi connectivity index (χ0v) is 11.2. The first-order valence-corrected chi connectivity index (χ1v) is 6.83. The molecule has 0 aromatic heterocycles. The Morgan fingerprint density at radius 3 is 2.61 bits per heavy atom. The molecule has 2 fully saturated rings. The average Bonchev–Trinajstić information content (AvgIpc) is 2.32. The van der Waals surface area contributed by atoms with Gasteiger partial charge >= 0.3 is 0 Å². The summed E-state index contributed by atoms with van der Waals surface area (Å²) in [6.45, 7) is 3.96. The Morgan fingerprint density at radius 2 is 1.94 bits per heavy atom. The lowest BCUT2D eigenvalue weighted by Gasteiger charge is -2.37. The van der Waals surface area contributed by atoms with Gasteiger partial charge in [0.05, 0.1) is 18.3 Å². The van der Waals surface area contributed by atoms with Crippen molar-refractivity contribution in [2.24, 2.45) is 5.92 Å². The molecule has 106 valence electrons. The first-order valence-electron chi connectivity index (χ1n) is 6.83. The predicted octanol–water partition coefficient (Wildman–Crippen LogP) is -0.143. The molecule has 2 aliphatic heterocycles. The zero-order chi connectivity index (χ0) is 13.0. The Labute approximate surface area is 109 Å². The van der Waals surface area contributed by atoms with Crippen molar-refractivity contribution in [3.8, 4) is 0 Å². The van der Waals surface area contributed by atoms with Gasteiger partial charge < -0.3 is 24.6 Å². The summed E-state index contributed by atoms with van der Waals surface area (Å²) in [5.41, 5.74) is -0.631. The van der Waals surface area contributed by atoms with E-state index in [0.717, 1.165) is 13.0 Å². The molecular formula is C13H25NO4. The van der Waals surface area contributed by atoms with Gasteiger partial charge in [0, 0.05) is 51.7 Å². The fourth-order valence-corrected chi connectivity index (χ4v) is 2.84. The number of aliphatic hydroxyl groups is 2. The molecule has 0 bridgehead atoms. The van der Waals surface area contributed by atoms with E-state index in [1.807, 2.05) is 7.05 Å². The minimum absolute atomic E-state index is 0.159. The summed E-state index contributed by atoms with van der Waals surface area (Å²) in [6.07, 6.45) is 1.84. The second kappa shape index (κ2) is 6.30. The normalized spacial score (nSPS) is 32.7. The number of hydrogen-bond donors (Lipinski definition) is 2. The van der Waals surface area contributed by atoms with Crippen LogP contribution in [0.15, 0.2) is 0 Å². The van der Waals surface area contributed by atoms with Gasteiger partial charge in [-0.1, -0.05) is 0 Å². The van der Waals surface area contributed by atoms with Crippen molar-refractivity contribution in [1.29, 1.82) is 0 Å². The molecule has 0 aliphatic carbocycles. The van der Waals surface area contributed by atoms with Gasteiger partial charge in [-0.2, -0.15) is 0 Å². The highest BCUT2D eigenvalue weighted by molar-refractivity contribution is 4.85. The van der Waals surface area contributed by atoms with Crippen LogP contribution in [0.4, 0.5) is 0 Å². The molecule has 5 heteroatoms. The maximum atomic E-state index is 10.4. The zero-order valence-electron chi connectivity index (χ0n) is 11.2. The van der Waals surface area contributed by atoms with Crippen molar-refractivity contribution in [1.82, 2.24) is 4.90 Å². The van der Waals surface area contributed by atoms with Crippen LogP contribution >= 0.6 is 0 Å². The largest absolute Gasteiger partial charge is 0.393 e. The van der Waals surface area contributed by atoms with Gasteiger partial charge in [-0.15, -0.1) is 0 Å². The lowest BCUT2D eigenvalue weighted by molar-refractivity contribution is -0.0876. The molecule has 2 saturated heterocycles. The molecule has 2 unspecified atom stereocenters. The standard InChI is InChI=1S/C13H25NO4/c1-14(8-11-9-18-5-2-12(11)15)10-13(16)3-6-17-7-4-13/h11-12,15-16H,2-10H2,1H3. The summed E-state index contributed by atoms with van der Waals surface area (Å²) in [7, 11) is 1.99. The maximum absolute atomic E-state index is 10.4. The van der Waals surface area contributed by atoms with Crippen LogP contribution in [0.25, 0.3) is 0 Å². The van der Waals surface area contributed by atoms with E-state index < -0.39 is 5.60 Å². The topological polar surface area (TPSA) is 62.2 Å². The number of nitrogens with zero attached hydrogens (tertiary/aromatic N) is 1. The third kappa shape index (κ3) is 3.90. The molecule has 2 aliphatic rings. The lowest BCUT2D eigenvalue weighted by Crippen LogP contribution is -2.48. The van der Waals surface area contributed by atoms with E-state index in [9.17, 15) is 10.2 Å². The molecule has 0 spiro atoms. The predicted molar refractivity (Wildman–Crippen MR) is 67.4 cm³/mol. The van der Waals surface area contributed by atoms with E-state index in [2.05, 4.69) is 4.90 Å². The highest BCUT2D eigenvalue weighted by Crippen LogP contribution is 2.22. The van der Waals surface area contributed by atoms with E-state index in [4.69, 9.17) is 9.47 Å². The maximum Gasteiger partial charge on any atom is 0.0817 e. The van der Waals surface area contributed by atoms with Crippen LogP contribution in [0.3, 0.4) is 0 Å². The molecular weight excluding hydrogens is 234 g/mol. The van der Waals surface area contributed by atoms with Crippen LogP contribution in [0.1, 0.15) is 19.3 Å². The van der Waals surface area contributed by atoms with E-state index in [-0.39, 0.29) is 12.0 Å². The van der Waals surface area contributed by atoms with Crippen LogP contribution in [0.2, 0.25) is 0 Å². The molecule has 0 saturated carbocycles. The Balaban J connectivity index is 1.78. The van der Waals surface area contributed by atoms with Gasteiger partial charge in [-0.05, 0) is 13.5 Å². The molecule has 5 nitrogen and oxygen atoms in total. The van der Waals surface area contributed by atoms with Crippen molar-refractivity contribution in [2.75, 3.05) is 46.6 Å². The van der Waals surface area contributed by atoms with Gasteiger partial charge in [0.25, 0.3) is 0 Å². The Bertz CT molecular complexity index is 255. The SMILES string of the molecule is CN(CC1COCCC1O)CC1(O)CCOCC1. The van der Waals surface area contributed by atoms with Crippen molar-refractivity contribution >= 4 is 0 Å². The van der Waals surface area contributed by atoms with Gasteiger partial charge in [0.2, 0.25) is 0 Å². The third-order valence-corrected chi connectivity index (χ3v) is 3.97. The van der Waals surface area contributed by atoms with Gasteiger partial charge in [-0.3, -0.25) is 0 Å². The van der Waals surface area contributed by atoms with E-state index in [1.165, 1.54) is 0 Å². The summed E-state index contributed by atoms with van der Waals surface area (Å²) in [5, 5.41) is 20.3. The van der Waals surface area contributed by atoms with Crippen molar-refractivity contribution in [2.45, 2.75) is 31.0 Å². The molecule has 0 radical (unpaired) electrons. The molecule has 2 N–H and O–H groups in total. The third-order valence-electron chi connectivity index (χ3n) is 3.97. The quantitative estimate of drug-likeness (QED) is 0.735. The molecule has 0 amide bonds. The highest BCUT2D eigenvalue weighted by Gasteiger charge is 2.32. The van der Waals surface area contributed by atoms with Gasteiger partial charge in [-0.25, -0.2) is 0 Å².